The highest BCUT2D eigenvalue weighted by molar-refractivity contribution is 5.91. The molecule has 0 saturated heterocycles. The van der Waals surface area contributed by atoms with E-state index in [1.54, 1.807) is 12.1 Å². The summed E-state index contributed by atoms with van der Waals surface area (Å²) in [6.07, 6.45) is 2.73. The summed E-state index contributed by atoms with van der Waals surface area (Å²) in [5, 5.41) is 0. The van der Waals surface area contributed by atoms with E-state index in [2.05, 4.69) is 4.74 Å². The average molecular weight is 320 g/mol. The molecule has 0 radical (unpaired) electrons. The molecule has 0 bridgehead atoms. The Morgan fingerprint density at radius 3 is 2.48 bits per heavy atom. The predicted molar refractivity (Wildman–Crippen MR) is 78.8 cm³/mol. The van der Waals surface area contributed by atoms with Crippen LogP contribution in [0.4, 0.5) is 0 Å². The number of aldehydes is 1. The topological polar surface area (TPSA) is 96.0 Å². The van der Waals surface area contributed by atoms with Crippen molar-refractivity contribution in [1.82, 2.24) is 0 Å². The van der Waals surface area contributed by atoms with Crippen molar-refractivity contribution in [2.45, 2.75) is 12.8 Å². The van der Waals surface area contributed by atoms with Crippen molar-refractivity contribution in [1.29, 1.82) is 0 Å². The molecule has 23 heavy (non-hydrogen) atoms. The second-order valence-electron chi connectivity index (χ2n) is 4.26. The number of hydrogen-bond acceptors (Lipinski definition) is 7. The Morgan fingerprint density at radius 2 is 1.78 bits per heavy atom. The monoisotopic (exact) mass is 320 g/mol. The first kappa shape index (κ1) is 18.1. The summed E-state index contributed by atoms with van der Waals surface area (Å²) in [5.74, 6) is -1.74. The Hall–Kier alpha value is -2.96. The first-order valence-corrected chi connectivity index (χ1v) is 6.74. The Kier molecular flexibility index (Phi) is 7.77. The third-order valence-electron chi connectivity index (χ3n) is 2.60. The molecule has 122 valence electrons. The maximum Gasteiger partial charge on any atom is 0.331 e. The fourth-order valence-corrected chi connectivity index (χ4v) is 1.49. The third kappa shape index (κ3) is 7.03. The highest BCUT2D eigenvalue weighted by Crippen LogP contribution is 2.16. The van der Waals surface area contributed by atoms with Crippen molar-refractivity contribution in [3.63, 3.8) is 0 Å². The molecule has 0 aliphatic rings. The Labute approximate surface area is 132 Å². The van der Waals surface area contributed by atoms with Crippen LogP contribution in [0, 0.1) is 0 Å². The highest BCUT2D eigenvalue weighted by Gasteiger charge is 2.09. The summed E-state index contributed by atoms with van der Waals surface area (Å²) in [6.45, 7) is -0.00519. The number of carbonyl (C=O) groups excluding carboxylic acids is 4. The van der Waals surface area contributed by atoms with Crippen LogP contribution in [0.25, 0.3) is 0 Å². The average Bonchev–Trinajstić information content (AvgIpc) is 2.57. The van der Waals surface area contributed by atoms with Gasteiger partial charge in [0.2, 0.25) is 0 Å². The number of methoxy groups -OCH3 is 1. The smallest absolute Gasteiger partial charge is 0.331 e. The molecule has 0 saturated carbocycles. The van der Waals surface area contributed by atoms with Gasteiger partial charge in [0.05, 0.1) is 19.3 Å². The zero-order valence-electron chi connectivity index (χ0n) is 12.5. The van der Waals surface area contributed by atoms with E-state index in [1.807, 2.05) is 0 Å². The molecule has 0 spiro atoms. The second kappa shape index (κ2) is 9.88. The Morgan fingerprint density at radius 1 is 1.09 bits per heavy atom. The number of ether oxygens (including phenoxy) is 3. The zero-order chi connectivity index (χ0) is 17.1. The summed E-state index contributed by atoms with van der Waals surface area (Å²) in [5.41, 5.74) is 0.278. The van der Waals surface area contributed by atoms with E-state index < -0.39 is 17.9 Å². The van der Waals surface area contributed by atoms with Crippen molar-refractivity contribution in [2.24, 2.45) is 0 Å². The van der Waals surface area contributed by atoms with Crippen LogP contribution in [-0.2, 0) is 23.9 Å². The number of carbonyl (C=O) groups is 4. The molecule has 0 unspecified atom stereocenters. The molecule has 1 aromatic carbocycles. The third-order valence-corrected chi connectivity index (χ3v) is 2.60. The van der Waals surface area contributed by atoms with Crippen LogP contribution in [0.2, 0.25) is 0 Å². The summed E-state index contributed by atoms with van der Waals surface area (Å²) < 4.78 is 14.1. The highest BCUT2D eigenvalue weighted by atomic mass is 16.5. The maximum absolute atomic E-state index is 11.6. The molecular formula is C16H16O7. The van der Waals surface area contributed by atoms with Gasteiger partial charge in [-0.05, 0) is 18.6 Å². The normalized spacial score (nSPS) is 10.1. The minimum Gasteiger partial charge on any atom is -0.466 e. The zero-order valence-corrected chi connectivity index (χ0v) is 12.5. The van der Waals surface area contributed by atoms with Crippen molar-refractivity contribution in [2.75, 3.05) is 13.7 Å². The van der Waals surface area contributed by atoms with Gasteiger partial charge < -0.3 is 14.2 Å². The van der Waals surface area contributed by atoms with E-state index in [0.717, 1.165) is 12.2 Å². The molecule has 0 fully saturated rings. The van der Waals surface area contributed by atoms with Gasteiger partial charge in [-0.3, -0.25) is 9.59 Å². The maximum atomic E-state index is 11.6. The fourth-order valence-electron chi connectivity index (χ4n) is 1.49. The van der Waals surface area contributed by atoms with E-state index in [1.165, 1.54) is 19.2 Å². The van der Waals surface area contributed by atoms with Gasteiger partial charge in [-0.1, -0.05) is 12.1 Å². The second-order valence-corrected chi connectivity index (χ2v) is 4.26. The molecule has 7 nitrogen and oxygen atoms in total. The number of esters is 3. The Balaban J connectivity index is 2.29. The lowest BCUT2D eigenvalue weighted by molar-refractivity contribution is -0.140. The van der Waals surface area contributed by atoms with Crippen molar-refractivity contribution in [3.05, 3.63) is 42.0 Å². The van der Waals surface area contributed by atoms with Gasteiger partial charge >= 0.3 is 17.9 Å². The molecule has 0 N–H and O–H groups in total. The molecule has 0 aromatic heterocycles. The van der Waals surface area contributed by atoms with E-state index >= 15 is 0 Å². The van der Waals surface area contributed by atoms with Gasteiger partial charge in [-0.15, -0.1) is 0 Å². The molecule has 7 heteroatoms. The van der Waals surface area contributed by atoms with Crippen LogP contribution in [0.1, 0.15) is 23.2 Å². The lowest BCUT2D eigenvalue weighted by Crippen LogP contribution is -2.11. The van der Waals surface area contributed by atoms with E-state index in [4.69, 9.17) is 9.47 Å². The van der Waals surface area contributed by atoms with E-state index in [-0.39, 0.29) is 30.8 Å². The molecular weight excluding hydrogens is 304 g/mol. The van der Waals surface area contributed by atoms with Crippen LogP contribution in [0.3, 0.4) is 0 Å². The van der Waals surface area contributed by atoms with Gasteiger partial charge in [0, 0.05) is 18.6 Å². The van der Waals surface area contributed by atoms with Gasteiger partial charge in [0.15, 0.2) is 6.29 Å². The summed E-state index contributed by atoms with van der Waals surface area (Å²) >= 11 is 0. The van der Waals surface area contributed by atoms with Gasteiger partial charge in [0.25, 0.3) is 0 Å². The lowest BCUT2D eigenvalue weighted by Gasteiger charge is -2.06. The summed E-state index contributed by atoms with van der Waals surface area (Å²) in [6, 6.07) is 6.34. The number of hydrogen-bond donors (Lipinski definition) is 0. The molecule has 0 heterocycles. The minimum absolute atomic E-state index is 0.00519. The quantitative estimate of drug-likeness (QED) is 0.235. The van der Waals surface area contributed by atoms with Crippen molar-refractivity contribution >= 4 is 24.2 Å². The SMILES string of the molecule is COC(=O)/C=C/C(=O)OCCCC(=O)Oc1ccccc1C=O. The van der Waals surface area contributed by atoms with Crippen LogP contribution < -0.4 is 4.74 Å². The van der Waals surface area contributed by atoms with Crippen LogP contribution in [0.15, 0.2) is 36.4 Å². The first-order valence-electron chi connectivity index (χ1n) is 6.74. The van der Waals surface area contributed by atoms with Crippen LogP contribution in [0.5, 0.6) is 5.75 Å². The van der Waals surface area contributed by atoms with E-state index in [9.17, 15) is 19.2 Å². The lowest BCUT2D eigenvalue weighted by atomic mass is 10.2. The minimum atomic E-state index is -0.713. The number of para-hydroxylation sites is 1. The molecule has 0 atom stereocenters. The van der Waals surface area contributed by atoms with Crippen LogP contribution >= 0.6 is 0 Å². The molecule has 0 aliphatic carbocycles. The molecule has 1 aromatic rings. The molecule has 1 rings (SSSR count). The largest absolute Gasteiger partial charge is 0.466 e. The summed E-state index contributed by atoms with van der Waals surface area (Å²) in [4.78, 5) is 44.4. The van der Waals surface area contributed by atoms with E-state index in [0.29, 0.717) is 6.29 Å². The first-order chi connectivity index (χ1) is 11.1. The van der Waals surface area contributed by atoms with Gasteiger partial charge in [-0.2, -0.15) is 0 Å². The Bertz CT molecular complexity index is 604. The number of rotatable bonds is 8. The van der Waals surface area contributed by atoms with Gasteiger partial charge in [0.1, 0.15) is 5.75 Å². The van der Waals surface area contributed by atoms with Crippen molar-refractivity contribution < 1.29 is 33.4 Å². The van der Waals surface area contributed by atoms with Crippen molar-refractivity contribution in [3.8, 4) is 5.75 Å². The standard InChI is InChI=1S/C16H16O7/c1-21-14(18)8-9-15(19)22-10-4-7-16(20)23-13-6-3-2-5-12(13)11-17/h2-3,5-6,8-9,11H,4,7,10H2,1H3/b9-8+. The van der Waals surface area contributed by atoms with Crippen LogP contribution in [-0.4, -0.2) is 37.9 Å². The fraction of sp³-hybridized carbons (Fsp3) is 0.250. The summed E-state index contributed by atoms with van der Waals surface area (Å²) in [7, 11) is 1.19. The molecule has 0 amide bonds. The van der Waals surface area contributed by atoms with Gasteiger partial charge in [-0.25, -0.2) is 9.59 Å². The number of benzene rings is 1. The predicted octanol–water partition coefficient (Wildman–Crippen LogP) is 1.46. The molecule has 0 aliphatic heterocycles.